The van der Waals surface area contributed by atoms with Crippen molar-refractivity contribution < 1.29 is 9.59 Å². The van der Waals surface area contributed by atoms with Crippen LogP contribution in [0.1, 0.15) is 54.4 Å². The number of hydrogen-bond acceptors (Lipinski definition) is 2. The van der Waals surface area contributed by atoms with Crippen LogP contribution in [-0.2, 0) is 9.59 Å². The maximum Gasteiger partial charge on any atom is 0.224 e. The van der Waals surface area contributed by atoms with E-state index < -0.39 is 0 Å². The minimum atomic E-state index is -0.0530. The summed E-state index contributed by atoms with van der Waals surface area (Å²) in [5.41, 5.74) is 1.29. The number of rotatable bonds is 4. The Kier molecular flexibility index (Phi) is 5.75. The zero-order valence-electron chi connectivity index (χ0n) is 14.5. The summed E-state index contributed by atoms with van der Waals surface area (Å²) in [5.74, 6) is -0.0451. The van der Waals surface area contributed by atoms with Crippen LogP contribution >= 0.6 is 0 Å². The lowest BCUT2D eigenvalue weighted by Crippen LogP contribution is -2.20. The summed E-state index contributed by atoms with van der Waals surface area (Å²) < 4.78 is 0. The molecule has 0 aromatic heterocycles. The Labute approximate surface area is 133 Å². The lowest BCUT2D eigenvalue weighted by molar-refractivity contribution is -0.118. The summed E-state index contributed by atoms with van der Waals surface area (Å²) in [5, 5.41) is 5.74. The molecule has 0 bridgehead atoms. The van der Waals surface area contributed by atoms with Gasteiger partial charge in [-0.05, 0) is 29.0 Å². The fraction of sp³-hybridized carbons (Fsp3) is 0.556. The van der Waals surface area contributed by atoms with Gasteiger partial charge in [-0.1, -0.05) is 47.6 Å². The van der Waals surface area contributed by atoms with Crippen molar-refractivity contribution in [3.63, 3.8) is 0 Å². The first-order valence-electron chi connectivity index (χ1n) is 7.64. The van der Waals surface area contributed by atoms with Crippen LogP contribution in [0, 0.1) is 10.8 Å². The lowest BCUT2D eigenvalue weighted by Gasteiger charge is -2.18. The normalized spacial score (nSPS) is 11.9. The molecule has 0 saturated heterocycles. The minimum absolute atomic E-state index is 0.0225. The third kappa shape index (κ3) is 7.81. The van der Waals surface area contributed by atoms with Gasteiger partial charge in [0, 0.05) is 24.2 Å². The second-order valence-electron chi connectivity index (χ2n) is 8.15. The highest BCUT2D eigenvalue weighted by atomic mass is 16.2. The molecule has 0 fully saturated rings. The molecule has 0 unspecified atom stereocenters. The van der Waals surface area contributed by atoms with Gasteiger partial charge in [0.15, 0.2) is 0 Å². The second kappa shape index (κ2) is 6.95. The monoisotopic (exact) mass is 304 g/mol. The second-order valence-corrected chi connectivity index (χ2v) is 8.15. The molecular weight excluding hydrogens is 276 g/mol. The molecule has 0 saturated carbocycles. The van der Waals surface area contributed by atoms with Crippen molar-refractivity contribution in [1.29, 1.82) is 0 Å². The van der Waals surface area contributed by atoms with Crippen LogP contribution in [-0.4, -0.2) is 11.8 Å². The van der Waals surface area contributed by atoms with Crippen molar-refractivity contribution in [2.24, 2.45) is 10.8 Å². The molecule has 1 rings (SSSR count). The van der Waals surface area contributed by atoms with Crippen LogP contribution in [0.5, 0.6) is 0 Å². The summed E-state index contributed by atoms with van der Waals surface area (Å²) in [6.45, 7) is 12.1. The molecule has 0 heterocycles. The molecule has 0 aliphatic heterocycles. The molecule has 1 aromatic rings. The Bertz CT molecular complexity index is 492. The predicted molar refractivity (Wildman–Crippen MR) is 91.8 cm³/mol. The van der Waals surface area contributed by atoms with Gasteiger partial charge in [-0.25, -0.2) is 0 Å². The van der Waals surface area contributed by atoms with E-state index in [0.717, 1.165) is 0 Å². The zero-order chi connectivity index (χ0) is 17.0. The van der Waals surface area contributed by atoms with E-state index >= 15 is 0 Å². The Hall–Kier alpha value is -1.84. The average Bonchev–Trinajstić information content (AvgIpc) is 2.22. The third-order valence-corrected chi connectivity index (χ3v) is 2.81. The van der Waals surface area contributed by atoms with Crippen LogP contribution in [0.2, 0.25) is 0 Å². The predicted octanol–water partition coefficient (Wildman–Crippen LogP) is 4.44. The topological polar surface area (TPSA) is 58.2 Å². The maximum absolute atomic E-state index is 12.0. The van der Waals surface area contributed by atoms with Crippen LogP contribution in [0.3, 0.4) is 0 Å². The minimum Gasteiger partial charge on any atom is -0.326 e. The number of nitrogens with one attached hydrogen (secondary N) is 2. The van der Waals surface area contributed by atoms with E-state index in [9.17, 15) is 9.59 Å². The summed E-state index contributed by atoms with van der Waals surface area (Å²) in [4.78, 5) is 23.9. The molecule has 22 heavy (non-hydrogen) atoms. The largest absolute Gasteiger partial charge is 0.326 e. The molecule has 2 amide bonds. The zero-order valence-corrected chi connectivity index (χ0v) is 14.5. The van der Waals surface area contributed by atoms with Gasteiger partial charge in [0.05, 0.1) is 0 Å². The third-order valence-electron chi connectivity index (χ3n) is 2.81. The van der Waals surface area contributed by atoms with Gasteiger partial charge in [0.2, 0.25) is 11.8 Å². The highest BCUT2D eigenvalue weighted by molar-refractivity contribution is 5.94. The van der Waals surface area contributed by atoms with E-state index in [-0.39, 0.29) is 22.6 Å². The molecule has 4 nitrogen and oxygen atoms in total. The molecule has 122 valence electrons. The van der Waals surface area contributed by atoms with Crippen molar-refractivity contribution in [2.45, 2.75) is 54.4 Å². The number of carbonyl (C=O) groups excluding carboxylic acids is 2. The highest BCUT2D eigenvalue weighted by Gasteiger charge is 2.17. The van der Waals surface area contributed by atoms with Gasteiger partial charge in [-0.2, -0.15) is 0 Å². The van der Waals surface area contributed by atoms with Crippen LogP contribution in [0.15, 0.2) is 24.3 Å². The van der Waals surface area contributed by atoms with E-state index in [1.54, 1.807) is 6.07 Å². The summed E-state index contributed by atoms with van der Waals surface area (Å²) in [6.07, 6.45) is 0.904. The van der Waals surface area contributed by atoms with E-state index in [1.807, 2.05) is 59.7 Å². The molecule has 0 spiro atoms. The quantitative estimate of drug-likeness (QED) is 0.864. The fourth-order valence-corrected chi connectivity index (χ4v) is 2.05. The van der Waals surface area contributed by atoms with Crippen molar-refractivity contribution >= 4 is 23.2 Å². The Balaban J connectivity index is 2.66. The SMILES string of the molecule is CC(C)(C)CC(=O)Nc1cccc(NC(=O)CC(C)(C)C)c1. The van der Waals surface area contributed by atoms with Gasteiger partial charge in [-0.3, -0.25) is 9.59 Å². The Morgan fingerprint density at radius 3 is 1.50 bits per heavy atom. The molecule has 0 aliphatic carbocycles. The molecule has 0 radical (unpaired) electrons. The highest BCUT2D eigenvalue weighted by Crippen LogP contribution is 2.22. The average molecular weight is 304 g/mol. The molecule has 2 N–H and O–H groups in total. The van der Waals surface area contributed by atoms with Crippen LogP contribution in [0.4, 0.5) is 11.4 Å². The van der Waals surface area contributed by atoms with Gasteiger partial charge in [0.1, 0.15) is 0 Å². The summed E-state index contributed by atoms with van der Waals surface area (Å²) >= 11 is 0. The molecular formula is C18H28N2O2. The van der Waals surface area contributed by atoms with Gasteiger partial charge < -0.3 is 10.6 Å². The van der Waals surface area contributed by atoms with Gasteiger partial charge >= 0.3 is 0 Å². The smallest absolute Gasteiger partial charge is 0.224 e. The number of anilines is 2. The molecule has 0 aliphatic rings. The molecule has 1 aromatic carbocycles. The van der Waals surface area contributed by atoms with E-state index in [0.29, 0.717) is 24.2 Å². The molecule has 4 heteroatoms. The Morgan fingerprint density at radius 1 is 0.818 bits per heavy atom. The number of amides is 2. The number of hydrogen-bond donors (Lipinski definition) is 2. The fourth-order valence-electron chi connectivity index (χ4n) is 2.05. The van der Waals surface area contributed by atoms with Crippen LogP contribution < -0.4 is 10.6 Å². The first-order valence-corrected chi connectivity index (χ1v) is 7.64. The number of benzene rings is 1. The van der Waals surface area contributed by atoms with E-state index in [2.05, 4.69) is 10.6 Å². The van der Waals surface area contributed by atoms with Gasteiger partial charge in [0.25, 0.3) is 0 Å². The molecule has 0 atom stereocenters. The van der Waals surface area contributed by atoms with Crippen molar-refractivity contribution in [3.8, 4) is 0 Å². The Morgan fingerprint density at radius 2 is 1.18 bits per heavy atom. The van der Waals surface area contributed by atoms with Crippen molar-refractivity contribution in [1.82, 2.24) is 0 Å². The first kappa shape index (κ1) is 18.2. The number of carbonyl (C=O) groups is 2. The lowest BCUT2D eigenvalue weighted by atomic mass is 9.92. The van der Waals surface area contributed by atoms with E-state index in [4.69, 9.17) is 0 Å². The first-order chi connectivity index (χ1) is 9.94. The maximum atomic E-state index is 12.0. The van der Waals surface area contributed by atoms with Gasteiger partial charge in [-0.15, -0.1) is 0 Å². The van der Waals surface area contributed by atoms with Crippen molar-refractivity contribution in [2.75, 3.05) is 10.6 Å². The van der Waals surface area contributed by atoms with E-state index in [1.165, 1.54) is 0 Å². The van der Waals surface area contributed by atoms with Crippen LogP contribution in [0.25, 0.3) is 0 Å². The summed E-state index contributed by atoms with van der Waals surface area (Å²) in [6, 6.07) is 7.24. The standard InChI is InChI=1S/C18H28N2O2/c1-17(2,3)11-15(21)19-13-8-7-9-14(10-13)20-16(22)12-18(4,5)6/h7-10H,11-12H2,1-6H3,(H,19,21)(H,20,22). The summed E-state index contributed by atoms with van der Waals surface area (Å²) in [7, 11) is 0. The van der Waals surface area contributed by atoms with Crippen molar-refractivity contribution in [3.05, 3.63) is 24.3 Å².